The molecule has 0 unspecified atom stereocenters. The number of rotatable bonds is 6. The maximum atomic E-state index is 12.0. The SMILES string of the molecule is CCc1ccc(NC(=O)COC(=O)c2ccc(Cl)c(S(N)(=O)=O)c2)cc1. The van der Waals surface area contributed by atoms with Gasteiger partial charge >= 0.3 is 5.97 Å². The number of primary sulfonamides is 1. The summed E-state index contributed by atoms with van der Waals surface area (Å²) in [6, 6.07) is 10.7. The molecule has 3 N–H and O–H groups in total. The van der Waals surface area contributed by atoms with E-state index in [-0.39, 0.29) is 10.6 Å². The molecule has 0 saturated carbocycles. The third-order valence-electron chi connectivity index (χ3n) is 3.45. The molecule has 0 atom stereocenters. The first-order valence-corrected chi connectivity index (χ1v) is 9.51. The van der Waals surface area contributed by atoms with Crippen LogP contribution in [0.2, 0.25) is 5.02 Å². The lowest BCUT2D eigenvalue weighted by molar-refractivity contribution is -0.119. The Balaban J connectivity index is 1.98. The minimum Gasteiger partial charge on any atom is -0.452 e. The summed E-state index contributed by atoms with van der Waals surface area (Å²) in [5.41, 5.74) is 1.62. The minimum atomic E-state index is -4.09. The smallest absolute Gasteiger partial charge is 0.338 e. The number of nitrogens with two attached hydrogens (primary N) is 1. The molecule has 0 aliphatic carbocycles. The predicted octanol–water partition coefficient (Wildman–Crippen LogP) is 2.35. The van der Waals surface area contributed by atoms with E-state index in [0.29, 0.717) is 5.69 Å². The van der Waals surface area contributed by atoms with E-state index >= 15 is 0 Å². The van der Waals surface area contributed by atoms with Gasteiger partial charge in [0.2, 0.25) is 10.0 Å². The molecule has 0 aliphatic rings. The number of aryl methyl sites for hydroxylation is 1. The molecule has 2 rings (SSSR count). The van der Waals surface area contributed by atoms with Crippen LogP contribution in [0.1, 0.15) is 22.8 Å². The maximum absolute atomic E-state index is 12.0. The van der Waals surface area contributed by atoms with Crippen LogP contribution in [-0.4, -0.2) is 26.9 Å². The van der Waals surface area contributed by atoms with Crippen molar-refractivity contribution in [2.75, 3.05) is 11.9 Å². The number of benzene rings is 2. The van der Waals surface area contributed by atoms with Gasteiger partial charge in [0.25, 0.3) is 5.91 Å². The van der Waals surface area contributed by atoms with Gasteiger partial charge in [0, 0.05) is 5.69 Å². The number of ether oxygens (including phenoxy) is 1. The first-order chi connectivity index (χ1) is 12.2. The number of anilines is 1. The third-order valence-corrected chi connectivity index (χ3v) is 4.85. The number of carbonyl (C=O) groups is 2. The Morgan fingerprint density at radius 3 is 2.38 bits per heavy atom. The van der Waals surface area contributed by atoms with Crippen LogP contribution in [0, 0.1) is 0 Å². The zero-order valence-corrected chi connectivity index (χ0v) is 15.4. The molecule has 0 aromatic heterocycles. The fourth-order valence-electron chi connectivity index (χ4n) is 2.08. The molecule has 2 aromatic rings. The van der Waals surface area contributed by atoms with E-state index in [0.717, 1.165) is 18.1 Å². The van der Waals surface area contributed by atoms with Gasteiger partial charge in [-0.1, -0.05) is 30.7 Å². The molecule has 0 bridgehead atoms. The highest BCUT2D eigenvalue weighted by Crippen LogP contribution is 2.21. The van der Waals surface area contributed by atoms with E-state index in [4.69, 9.17) is 21.5 Å². The van der Waals surface area contributed by atoms with Crippen molar-refractivity contribution in [2.24, 2.45) is 5.14 Å². The summed E-state index contributed by atoms with van der Waals surface area (Å²) in [6.07, 6.45) is 0.882. The van der Waals surface area contributed by atoms with Crippen LogP contribution in [0.5, 0.6) is 0 Å². The lowest BCUT2D eigenvalue weighted by Crippen LogP contribution is -2.21. The second-order valence-electron chi connectivity index (χ2n) is 5.36. The van der Waals surface area contributed by atoms with Gasteiger partial charge in [0.1, 0.15) is 4.90 Å². The first-order valence-electron chi connectivity index (χ1n) is 7.59. The zero-order valence-electron chi connectivity index (χ0n) is 13.9. The lowest BCUT2D eigenvalue weighted by Gasteiger charge is -2.08. The minimum absolute atomic E-state index is 0.0847. The average molecular weight is 397 g/mol. The van der Waals surface area contributed by atoms with Gasteiger partial charge in [-0.3, -0.25) is 4.79 Å². The summed E-state index contributed by atoms with van der Waals surface area (Å²) in [7, 11) is -4.09. The Kier molecular flexibility index (Phi) is 6.36. The summed E-state index contributed by atoms with van der Waals surface area (Å²) in [6.45, 7) is 1.49. The van der Waals surface area contributed by atoms with Crippen LogP contribution in [0.3, 0.4) is 0 Å². The standard InChI is InChI=1S/C17H17ClN2O5S/c1-2-11-3-6-13(7-4-11)20-16(21)10-25-17(22)12-5-8-14(18)15(9-12)26(19,23)24/h3-9H,2,10H2,1H3,(H,20,21)(H2,19,23,24). The van der Waals surface area contributed by atoms with Gasteiger partial charge in [-0.05, 0) is 42.3 Å². The predicted molar refractivity (Wildman–Crippen MR) is 97.6 cm³/mol. The molecule has 0 aliphatic heterocycles. The molecule has 1 amide bonds. The first kappa shape index (κ1) is 19.9. The van der Waals surface area contributed by atoms with Crippen LogP contribution < -0.4 is 10.5 Å². The number of halogens is 1. The number of nitrogens with one attached hydrogen (secondary N) is 1. The quantitative estimate of drug-likeness (QED) is 0.727. The molecule has 9 heteroatoms. The number of carbonyl (C=O) groups excluding carboxylic acids is 2. The molecule has 0 spiro atoms. The van der Waals surface area contributed by atoms with E-state index in [1.807, 2.05) is 19.1 Å². The third kappa shape index (κ3) is 5.29. The van der Waals surface area contributed by atoms with Crippen molar-refractivity contribution in [3.05, 3.63) is 58.6 Å². The topological polar surface area (TPSA) is 116 Å². The number of hydrogen-bond donors (Lipinski definition) is 2. The molecule has 0 saturated heterocycles. The second kappa shape index (κ2) is 8.31. The summed E-state index contributed by atoms with van der Waals surface area (Å²) in [5, 5.41) is 7.50. The number of sulfonamides is 1. The summed E-state index contributed by atoms with van der Waals surface area (Å²) < 4.78 is 27.7. The molecule has 2 aromatic carbocycles. The molecule has 0 heterocycles. The van der Waals surface area contributed by atoms with E-state index in [1.165, 1.54) is 12.1 Å². The average Bonchev–Trinajstić information content (AvgIpc) is 2.59. The Labute approximate surface area is 156 Å². The molecule has 26 heavy (non-hydrogen) atoms. The summed E-state index contributed by atoms with van der Waals surface area (Å²) >= 11 is 5.75. The van der Waals surface area contributed by atoms with Crippen LogP contribution in [-0.2, 0) is 26.0 Å². The Morgan fingerprint density at radius 2 is 1.81 bits per heavy atom. The number of hydrogen-bond acceptors (Lipinski definition) is 5. The van der Waals surface area contributed by atoms with Crippen LogP contribution >= 0.6 is 11.6 Å². The highest BCUT2D eigenvalue weighted by molar-refractivity contribution is 7.89. The van der Waals surface area contributed by atoms with Crippen molar-refractivity contribution in [1.82, 2.24) is 0 Å². The molecule has 138 valence electrons. The molecule has 7 nitrogen and oxygen atoms in total. The van der Waals surface area contributed by atoms with Crippen molar-refractivity contribution in [1.29, 1.82) is 0 Å². The fourth-order valence-corrected chi connectivity index (χ4v) is 3.15. The van der Waals surface area contributed by atoms with Crippen molar-refractivity contribution >= 4 is 39.2 Å². The summed E-state index contributed by atoms with van der Waals surface area (Å²) in [4.78, 5) is 23.5. The highest BCUT2D eigenvalue weighted by Gasteiger charge is 2.18. The van der Waals surface area contributed by atoms with E-state index in [1.54, 1.807) is 12.1 Å². The largest absolute Gasteiger partial charge is 0.452 e. The van der Waals surface area contributed by atoms with E-state index in [2.05, 4.69) is 5.32 Å². The van der Waals surface area contributed by atoms with Crippen molar-refractivity contribution in [2.45, 2.75) is 18.2 Å². The van der Waals surface area contributed by atoms with E-state index < -0.39 is 33.4 Å². The van der Waals surface area contributed by atoms with Gasteiger partial charge in [0.15, 0.2) is 6.61 Å². The maximum Gasteiger partial charge on any atom is 0.338 e. The van der Waals surface area contributed by atoms with Crippen molar-refractivity contribution in [3.63, 3.8) is 0 Å². The van der Waals surface area contributed by atoms with Crippen LogP contribution in [0.15, 0.2) is 47.4 Å². The molecular weight excluding hydrogens is 380 g/mol. The van der Waals surface area contributed by atoms with Gasteiger partial charge in [0.05, 0.1) is 10.6 Å². The Bertz CT molecular complexity index is 927. The van der Waals surface area contributed by atoms with Gasteiger partial charge in [-0.15, -0.1) is 0 Å². The van der Waals surface area contributed by atoms with Gasteiger partial charge in [-0.2, -0.15) is 0 Å². The van der Waals surface area contributed by atoms with Gasteiger partial charge in [-0.25, -0.2) is 18.4 Å². The van der Waals surface area contributed by atoms with Crippen molar-refractivity contribution < 1.29 is 22.7 Å². The second-order valence-corrected chi connectivity index (χ2v) is 7.30. The number of amides is 1. The Morgan fingerprint density at radius 1 is 1.15 bits per heavy atom. The van der Waals surface area contributed by atoms with Gasteiger partial charge < -0.3 is 10.1 Å². The van der Waals surface area contributed by atoms with Crippen LogP contribution in [0.25, 0.3) is 0 Å². The highest BCUT2D eigenvalue weighted by atomic mass is 35.5. The Hall–Kier alpha value is -2.42. The molecular formula is C17H17ClN2O5S. The number of esters is 1. The zero-order chi connectivity index (χ0) is 19.3. The van der Waals surface area contributed by atoms with Crippen molar-refractivity contribution in [3.8, 4) is 0 Å². The molecule has 0 fully saturated rings. The fraction of sp³-hybridized carbons (Fsp3) is 0.176. The molecule has 0 radical (unpaired) electrons. The lowest BCUT2D eigenvalue weighted by atomic mass is 10.1. The monoisotopic (exact) mass is 396 g/mol. The van der Waals surface area contributed by atoms with E-state index in [9.17, 15) is 18.0 Å². The normalized spacial score (nSPS) is 11.0. The van der Waals surface area contributed by atoms with Crippen LogP contribution in [0.4, 0.5) is 5.69 Å². The summed E-state index contributed by atoms with van der Waals surface area (Å²) in [5.74, 6) is -1.40.